The highest BCUT2D eigenvalue weighted by atomic mass is 16.1. The minimum Gasteiger partial charge on any atom is -0.369 e. The van der Waals surface area contributed by atoms with E-state index in [0.29, 0.717) is 29.4 Å². The largest absolute Gasteiger partial charge is 0.369 e. The van der Waals surface area contributed by atoms with Gasteiger partial charge in [-0.3, -0.25) is 4.79 Å². The molecule has 3 aromatic heterocycles. The number of primary amides is 1. The summed E-state index contributed by atoms with van der Waals surface area (Å²) in [5.41, 5.74) is 9.37. The van der Waals surface area contributed by atoms with E-state index in [0.717, 1.165) is 29.7 Å². The molecule has 0 spiro atoms. The number of rotatable bonds is 5. The van der Waals surface area contributed by atoms with Gasteiger partial charge in [0.25, 0.3) is 0 Å². The van der Waals surface area contributed by atoms with Gasteiger partial charge in [0.1, 0.15) is 0 Å². The van der Waals surface area contributed by atoms with Crippen LogP contribution in [0, 0.1) is 12.8 Å². The molecule has 31 heavy (non-hydrogen) atoms. The number of hydrogen-bond donors (Lipinski definition) is 2. The Balaban J connectivity index is 1.39. The van der Waals surface area contributed by atoms with Crippen molar-refractivity contribution in [2.75, 3.05) is 5.32 Å². The summed E-state index contributed by atoms with van der Waals surface area (Å²) in [7, 11) is 0. The third-order valence-corrected chi connectivity index (χ3v) is 5.51. The van der Waals surface area contributed by atoms with Crippen LogP contribution in [0.3, 0.4) is 0 Å². The number of nitrogens with one attached hydrogen (secondary N) is 1. The predicted molar refractivity (Wildman–Crippen MR) is 114 cm³/mol. The first-order valence-electron chi connectivity index (χ1n) is 10.1. The molecule has 0 bridgehead atoms. The predicted octanol–water partition coefficient (Wildman–Crippen LogP) is 2.04. The summed E-state index contributed by atoms with van der Waals surface area (Å²) in [6.45, 7) is 1.95. The molecule has 156 valence electrons. The first-order valence-corrected chi connectivity index (χ1v) is 10.1. The van der Waals surface area contributed by atoms with Gasteiger partial charge in [-0.2, -0.15) is 9.67 Å². The van der Waals surface area contributed by atoms with E-state index in [9.17, 15) is 4.79 Å². The van der Waals surface area contributed by atoms with Crippen LogP contribution in [-0.2, 0) is 4.79 Å². The number of benzene rings is 1. The summed E-state index contributed by atoms with van der Waals surface area (Å²) in [5, 5.41) is 11.7. The SMILES string of the molecule is Cc1cnc(-c2ccc(-n3nnc4cnc(NC5CCC(C(N)=O)C5)nc43)cc2)nc1. The minimum atomic E-state index is -0.248. The maximum atomic E-state index is 11.4. The fraction of sp³-hybridized carbons (Fsp3) is 0.286. The van der Waals surface area contributed by atoms with Gasteiger partial charge >= 0.3 is 0 Å². The molecule has 1 fully saturated rings. The average molecular weight is 415 g/mol. The molecule has 1 saturated carbocycles. The smallest absolute Gasteiger partial charge is 0.225 e. The van der Waals surface area contributed by atoms with E-state index >= 15 is 0 Å². The number of carbonyl (C=O) groups excluding carboxylic acids is 1. The molecule has 5 rings (SSSR count). The van der Waals surface area contributed by atoms with Crippen molar-refractivity contribution < 1.29 is 4.79 Å². The Bertz CT molecular complexity index is 1230. The Hall–Kier alpha value is -3.95. The zero-order valence-electron chi connectivity index (χ0n) is 16.9. The lowest BCUT2D eigenvalue weighted by Crippen LogP contribution is -2.23. The van der Waals surface area contributed by atoms with Crippen molar-refractivity contribution in [3.05, 3.63) is 48.4 Å². The van der Waals surface area contributed by atoms with Gasteiger partial charge in [-0.05, 0) is 56.0 Å². The number of fused-ring (bicyclic) bond motifs is 1. The average Bonchev–Trinajstić information content (AvgIpc) is 3.42. The summed E-state index contributed by atoms with van der Waals surface area (Å²) < 4.78 is 1.67. The molecular weight excluding hydrogens is 394 g/mol. The van der Waals surface area contributed by atoms with E-state index in [4.69, 9.17) is 5.73 Å². The maximum Gasteiger partial charge on any atom is 0.225 e. The Morgan fingerprint density at radius 1 is 1.10 bits per heavy atom. The van der Waals surface area contributed by atoms with Crippen LogP contribution >= 0.6 is 0 Å². The van der Waals surface area contributed by atoms with E-state index in [1.807, 2.05) is 31.2 Å². The fourth-order valence-electron chi connectivity index (χ4n) is 3.82. The van der Waals surface area contributed by atoms with Crippen LogP contribution in [0.25, 0.3) is 28.2 Å². The van der Waals surface area contributed by atoms with Gasteiger partial charge in [0.2, 0.25) is 11.9 Å². The highest BCUT2D eigenvalue weighted by Gasteiger charge is 2.28. The summed E-state index contributed by atoms with van der Waals surface area (Å²) in [6, 6.07) is 7.85. The molecule has 10 heteroatoms. The lowest BCUT2D eigenvalue weighted by molar-refractivity contribution is -0.121. The Morgan fingerprint density at radius 2 is 1.87 bits per heavy atom. The van der Waals surface area contributed by atoms with Crippen molar-refractivity contribution in [1.82, 2.24) is 34.9 Å². The summed E-state index contributed by atoms with van der Waals surface area (Å²) >= 11 is 0. The number of carbonyl (C=O) groups is 1. The molecule has 0 radical (unpaired) electrons. The van der Waals surface area contributed by atoms with E-state index in [-0.39, 0.29) is 17.9 Å². The van der Waals surface area contributed by atoms with E-state index in [1.165, 1.54) is 0 Å². The van der Waals surface area contributed by atoms with Crippen LogP contribution in [0.2, 0.25) is 0 Å². The summed E-state index contributed by atoms with van der Waals surface area (Å²) in [6.07, 6.45) is 7.56. The van der Waals surface area contributed by atoms with E-state index in [2.05, 4.69) is 35.6 Å². The number of aromatic nitrogens is 7. The quantitative estimate of drug-likeness (QED) is 0.505. The second kappa shape index (κ2) is 7.71. The van der Waals surface area contributed by atoms with Crippen LogP contribution < -0.4 is 11.1 Å². The van der Waals surface area contributed by atoms with Crippen LogP contribution in [-0.4, -0.2) is 46.9 Å². The molecule has 1 aliphatic carbocycles. The number of anilines is 1. The topological polar surface area (TPSA) is 137 Å². The van der Waals surface area contributed by atoms with Crippen LogP contribution in [0.4, 0.5) is 5.95 Å². The van der Waals surface area contributed by atoms with Crippen LogP contribution in [0.1, 0.15) is 24.8 Å². The number of nitrogens with zero attached hydrogens (tertiary/aromatic N) is 7. The third kappa shape index (κ3) is 3.79. The maximum absolute atomic E-state index is 11.4. The van der Waals surface area contributed by atoms with Crippen LogP contribution in [0.5, 0.6) is 0 Å². The molecule has 1 aromatic carbocycles. The normalized spacial score (nSPS) is 18.4. The van der Waals surface area contributed by atoms with Gasteiger partial charge in [0.15, 0.2) is 17.0 Å². The summed E-state index contributed by atoms with van der Waals surface area (Å²) in [5.74, 6) is 0.808. The first kappa shape index (κ1) is 19.0. The molecule has 3 N–H and O–H groups in total. The van der Waals surface area contributed by atoms with Gasteiger partial charge in [-0.1, -0.05) is 5.21 Å². The monoisotopic (exact) mass is 415 g/mol. The molecule has 10 nitrogen and oxygen atoms in total. The molecular formula is C21H21N9O. The van der Waals surface area contributed by atoms with Crippen molar-refractivity contribution in [2.24, 2.45) is 11.7 Å². The van der Waals surface area contributed by atoms with Crippen molar-refractivity contribution in [3.63, 3.8) is 0 Å². The zero-order chi connectivity index (χ0) is 21.4. The molecule has 1 amide bonds. The second-order valence-electron chi connectivity index (χ2n) is 7.79. The first-order chi connectivity index (χ1) is 15.1. The molecule has 2 unspecified atom stereocenters. The second-order valence-corrected chi connectivity index (χ2v) is 7.79. The van der Waals surface area contributed by atoms with Gasteiger partial charge < -0.3 is 11.1 Å². The number of nitrogens with two attached hydrogens (primary N) is 1. The summed E-state index contributed by atoms with van der Waals surface area (Å²) in [4.78, 5) is 29.1. The van der Waals surface area contributed by atoms with Gasteiger partial charge in [-0.25, -0.2) is 15.0 Å². The van der Waals surface area contributed by atoms with Crippen molar-refractivity contribution in [1.29, 1.82) is 0 Å². The number of amides is 1. The number of hydrogen-bond acceptors (Lipinski definition) is 8. The number of aryl methyl sites for hydroxylation is 1. The molecule has 0 saturated heterocycles. The van der Waals surface area contributed by atoms with Gasteiger partial charge in [-0.15, -0.1) is 5.10 Å². The zero-order valence-corrected chi connectivity index (χ0v) is 16.9. The molecule has 3 heterocycles. The third-order valence-electron chi connectivity index (χ3n) is 5.51. The van der Waals surface area contributed by atoms with Crippen LogP contribution in [0.15, 0.2) is 42.9 Å². The minimum absolute atomic E-state index is 0.0931. The lowest BCUT2D eigenvalue weighted by Gasteiger charge is -2.12. The molecule has 1 aliphatic rings. The standard InChI is InChI=1S/C21H21N9O/c1-12-9-23-19(24-10-12)13-3-6-16(7-4-13)30-20-17(28-29-30)11-25-21(27-20)26-15-5-2-14(8-15)18(22)31/h3-4,6-7,9-11,14-15H,2,5,8H2,1H3,(H2,22,31)(H,25,26,27). The molecule has 2 atom stereocenters. The Morgan fingerprint density at radius 3 is 2.58 bits per heavy atom. The highest BCUT2D eigenvalue weighted by Crippen LogP contribution is 2.27. The van der Waals surface area contributed by atoms with E-state index in [1.54, 1.807) is 23.3 Å². The Labute approximate surface area is 178 Å². The lowest BCUT2D eigenvalue weighted by atomic mass is 10.1. The molecule has 0 aliphatic heterocycles. The fourth-order valence-corrected chi connectivity index (χ4v) is 3.82. The Kier molecular flexibility index (Phi) is 4.73. The van der Waals surface area contributed by atoms with Crippen molar-refractivity contribution in [2.45, 2.75) is 32.2 Å². The molecule has 4 aromatic rings. The van der Waals surface area contributed by atoms with Crippen molar-refractivity contribution >= 4 is 23.0 Å². The van der Waals surface area contributed by atoms with Gasteiger partial charge in [0, 0.05) is 29.9 Å². The van der Waals surface area contributed by atoms with Crippen molar-refractivity contribution in [3.8, 4) is 17.1 Å². The highest BCUT2D eigenvalue weighted by molar-refractivity contribution is 5.77. The van der Waals surface area contributed by atoms with E-state index < -0.39 is 0 Å². The van der Waals surface area contributed by atoms with Gasteiger partial charge in [0.05, 0.1) is 11.9 Å².